The monoisotopic (exact) mass is 219 g/mol. The standard InChI is InChI=1S/C15H25N/c1-4-5-6-7-9-12-15(2,3)14-11-8-10-13-16-14/h8,10-11,13H,4-7,9,12H2,1-3H3. The Bertz CT molecular complexity index is 277. The van der Waals surface area contributed by atoms with Crippen LogP contribution in [0.1, 0.15) is 65.0 Å². The highest BCUT2D eigenvalue weighted by Gasteiger charge is 2.20. The summed E-state index contributed by atoms with van der Waals surface area (Å²) in [6.07, 6.45) is 9.91. The van der Waals surface area contributed by atoms with Gasteiger partial charge in [0.05, 0.1) is 0 Å². The summed E-state index contributed by atoms with van der Waals surface area (Å²) in [4.78, 5) is 4.47. The highest BCUT2D eigenvalue weighted by molar-refractivity contribution is 5.13. The van der Waals surface area contributed by atoms with Crippen molar-refractivity contribution in [3.8, 4) is 0 Å². The normalized spacial score (nSPS) is 11.7. The SMILES string of the molecule is CCCCCCCC(C)(C)c1ccccn1. The molecule has 0 aliphatic heterocycles. The van der Waals surface area contributed by atoms with Crippen LogP contribution in [0.3, 0.4) is 0 Å². The number of unbranched alkanes of at least 4 members (excludes halogenated alkanes) is 4. The van der Waals surface area contributed by atoms with Gasteiger partial charge in [-0.25, -0.2) is 0 Å². The van der Waals surface area contributed by atoms with E-state index in [4.69, 9.17) is 0 Å². The molecule has 0 spiro atoms. The molecule has 0 aliphatic carbocycles. The van der Waals surface area contributed by atoms with Crippen molar-refractivity contribution in [3.63, 3.8) is 0 Å². The predicted octanol–water partition coefficient (Wildman–Crippen LogP) is 4.72. The summed E-state index contributed by atoms with van der Waals surface area (Å²) >= 11 is 0. The first kappa shape index (κ1) is 13.2. The lowest BCUT2D eigenvalue weighted by Gasteiger charge is -2.23. The maximum atomic E-state index is 4.47. The van der Waals surface area contributed by atoms with Crippen molar-refractivity contribution in [3.05, 3.63) is 30.1 Å². The minimum atomic E-state index is 0.230. The van der Waals surface area contributed by atoms with Crippen LogP contribution in [0.25, 0.3) is 0 Å². The summed E-state index contributed by atoms with van der Waals surface area (Å²) in [5.74, 6) is 0. The average Bonchev–Trinajstić information content (AvgIpc) is 2.30. The molecule has 0 N–H and O–H groups in total. The number of rotatable bonds is 7. The Morgan fingerprint density at radius 1 is 1.06 bits per heavy atom. The van der Waals surface area contributed by atoms with Gasteiger partial charge in [-0.05, 0) is 18.6 Å². The lowest BCUT2D eigenvalue weighted by molar-refractivity contribution is 0.433. The van der Waals surface area contributed by atoms with E-state index >= 15 is 0 Å². The molecule has 1 heterocycles. The zero-order valence-electron chi connectivity index (χ0n) is 11.0. The average molecular weight is 219 g/mol. The zero-order chi connectivity index (χ0) is 11.9. The maximum Gasteiger partial charge on any atom is 0.0459 e. The van der Waals surface area contributed by atoms with E-state index in [1.54, 1.807) is 0 Å². The fourth-order valence-corrected chi connectivity index (χ4v) is 2.06. The minimum absolute atomic E-state index is 0.230. The summed E-state index contributed by atoms with van der Waals surface area (Å²) in [6, 6.07) is 6.22. The lowest BCUT2D eigenvalue weighted by Crippen LogP contribution is -2.18. The van der Waals surface area contributed by atoms with Crippen molar-refractivity contribution in [1.82, 2.24) is 4.98 Å². The van der Waals surface area contributed by atoms with E-state index in [9.17, 15) is 0 Å². The first-order valence-corrected chi connectivity index (χ1v) is 6.58. The fraction of sp³-hybridized carbons (Fsp3) is 0.667. The number of pyridine rings is 1. The van der Waals surface area contributed by atoms with Gasteiger partial charge in [0.25, 0.3) is 0 Å². The molecule has 1 nitrogen and oxygen atoms in total. The Kier molecular flexibility index (Phi) is 5.51. The molecule has 1 rings (SSSR count). The van der Waals surface area contributed by atoms with Gasteiger partial charge in [0.1, 0.15) is 0 Å². The molecular formula is C15H25N. The number of hydrogen-bond donors (Lipinski definition) is 0. The van der Waals surface area contributed by atoms with E-state index in [2.05, 4.69) is 37.9 Å². The van der Waals surface area contributed by atoms with Crippen LogP contribution >= 0.6 is 0 Å². The van der Waals surface area contributed by atoms with E-state index < -0.39 is 0 Å². The van der Waals surface area contributed by atoms with Crippen LogP contribution in [-0.2, 0) is 5.41 Å². The molecule has 1 heteroatoms. The lowest BCUT2D eigenvalue weighted by atomic mass is 9.83. The summed E-state index contributed by atoms with van der Waals surface area (Å²) in [5, 5.41) is 0. The van der Waals surface area contributed by atoms with Crippen LogP contribution in [0, 0.1) is 0 Å². The second-order valence-electron chi connectivity index (χ2n) is 5.26. The highest BCUT2D eigenvalue weighted by Crippen LogP contribution is 2.27. The number of nitrogens with zero attached hydrogens (tertiary/aromatic N) is 1. The van der Waals surface area contributed by atoms with E-state index in [0.29, 0.717) is 0 Å². The topological polar surface area (TPSA) is 12.9 Å². The molecule has 16 heavy (non-hydrogen) atoms. The van der Waals surface area contributed by atoms with E-state index in [0.717, 1.165) is 0 Å². The molecule has 0 saturated heterocycles. The molecular weight excluding hydrogens is 194 g/mol. The molecule has 0 aromatic carbocycles. The van der Waals surface area contributed by atoms with Gasteiger partial charge in [-0.1, -0.05) is 58.9 Å². The zero-order valence-corrected chi connectivity index (χ0v) is 11.0. The molecule has 1 aromatic rings. The van der Waals surface area contributed by atoms with Crippen LogP contribution in [0.2, 0.25) is 0 Å². The third-order valence-corrected chi connectivity index (χ3v) is 3.26. The van der Waals surface area contributed by atoms with Crippen LogP contribution in [0.5, 0.6) is 0 Å². The Morgan fingerprint density at radius 3 is 2.44 bits per heavy atom. The molecule has 90 valence electrons. The molecule has 0 unspecified atom stereocenters. The second kappa shape index (κ2) is 6.67. The van der Waals surface area contributed by atoms with Crippen molar-refractivity contribution >= 4 is 0 Å². The van der Waals surface area contributed by atoms with Gasteiger partial charge in [0.2, 0.25) is 0 Å². The Balaban J connectivity index is 2.35. The van der Waals surface area contributed by atoms with Gasteiger partial charge in [-0.15, -0.1) is 0 Å². The molecule has 0 radical (unpaired) electrons. The van der Waals surface area contributed by atoms with Gasteiger partial charge in [-0.2, -0.15) is 0 Å². The predicted molar refractivity (Wildman–Crippen MR) is 70.6 cm³/mol. The first-order valence-electron chi connectivity index (χ1n) is 6.58. The van der Waals surface area contributed by atoms with Crippen molar-refractivity contribution in [2.24, 2.45) is 0 Å². The fourth-order valence-electron chi connectivity index (χ4n) is 2.06. The third kappa shape index (κ3) is 4.34. The smallest absolute Gasteiger partial charge is 0.0459 e. The molecule has 0 fully saturated rings. The molecule has 1 aromatic heterocycles. The van der Waals surface area contributed by atoms with Crippen LogP contribution < -0.4 is 0 Å². The Morgan fingerprint density at radius 2 is 1.81 bits per heavy atom. The molecule has 0 saturated carbocycles. The van der Waals surface area contributed by atoms with Crippen molar-refractivity contribution < 1.29 is 0 Å². The number of hydrogen-bond acceptors (Lipinski definition) is 1. The minimum Gasteiger partial charge on any atom is -0.261 e. The summed E-state index contributed by atoms with van der Waals surface area (Å²) in [6.45, 7) is 6.86. The van der Waals surface area contributed by atoms with E-state index in [1.807, 2.05) is 12.3 Å². The first-order chi connectivity index (χ1) is 7.67. The van der Waals surface area contributed by atoms with Crippen LogP contribution in [-0.4, -0.2) is 4.98 Å². The van der Waals surface area contributed by atoms with Crippen molar-refractivity contribution in [2.45, 2.75) is 64.7 Å². The Hall–Kier alpha value is -0.850. The van der Waals surface area contributed by atoms with Gasteiger partial charge < -0.3 is 0 Å². The van der Waals surface area contributed by atoms with Gasteiger partial charge in [0.15, 0.2) is 0 Å². The van der Waals surface area contributed by atoms with E-state index in [-0.39, 0.29) is 5.41 Å². The number of aromatic nitrogens is 1. The van der Waals surface area contributed by atoms with Crippen molar-refractivity contribution in [1.29, 1.82) is 0 Å². The van der Waals surface area contributed by atoms with Gasteiger partial charge in [0, 0.05) is 17.3 Å². The van der Waals surface area contributed by atoms with Crippen LogP contribution in [0.4, 0.5) is 0 Å². The van der Waals surface area contributed by atoms with Crippen LogP contribution in [0.15, 0.2) is 24.4 Å². The van der Waals surface area contributed by atoms with Gasteiger partial charge >= 0.3 is 0 Å². The largest absolute Gasteiger partial charge is 0.261 e. The summed E-state index contributed by atoms with van der Waals surface area (Å²) < 4.78 is 0. The quantitative estimate of drug-likeness (QED) is 0.605. The summed E-state index contributed by atoms with van der Waals surface area (Å²) in [5.41, 5.74) is 1.46. The third-order valence-electron chi connectivity index (χ3n) is 3.26. The molecule has 0 aliphatic rings. The molecule has 0 amide bonds. The highest BCUT2D eigenvalue weighted by atomic mass is 14.7. The second-order valence-corrected chi connectivity index (χ2v) is 5.26. The van der Waals surface area contributed by atoms with Crippen molar-refractivity contribution in [2.75, 3.05) is 0 Å². The van der Waals surface area contributed by atoms with Gasteiger partial charge in [-0.3, -0.25) is 4.98 Å². The molecule has 0 bridgehead atoms. The summed E-state index contributed by atoms with van der Waals surface area (Å²) in [7, 11) is 0. The molecule has 0 atom stereocenters. The Labute approximate surface area is 100 Å². The van der Waals surface area contributed by atoms with E-state index in [1.165, 1.54) is 44.2 Å². The maximum absolute atomic E-state index is 4.47.